The van der Waals surface area contributed by atoms with Gasteiger partial charge in [0.05, 0.1) is 11.5 Å². The summed E-state index contributed by atoms with van der Waals surface area (Å²) < 4.78 is 29.0. The maximum Gasteiger partial charge on any atom is 0.296 e. The summed E-state index contributed by atoms with van der Waals surface area (Å²) in [6.07, 6.45) is 8.34. The molecule has 0 spiro atoms. The van der Waals surface area contributed by atoms with Crippen LogP contribution in [0.15, 0.2) is 35.2 Å². The molecule has 3 nitrogen and oxygen atoms in total. The third-order valence-electron chi connectivity index (χ3n) is 3.68. The van der Waals surface area contributed by atoms with Crippen LogP contribution in [0.5, 0.6) is 0 Å². The van der Waals surface area contributed by atoms with Crippen LogP contribution in [-0.2, 0) is 14.3 Å². The molecule has 0 N–H and O–H groups in total. The van der Waals surface area contributed by atoms with Crippen LogP contribution in [0, 0.1) is 5.92 Å². The fraction of sp³-hybridized carbons (Fsp3) is 0.647. The molecular weight excluding hydrogens is 284 g/mol. The Balaban J connectivity index is 2.21. The third kappa shape index (κ3) is 7.63. The highest BCUT2D eigenvalue weighted by Crippen LogP contribution is 2.16. The first-order chi connectivity index (χ1) is 10.1. The van der Waals surface area contributed by atoms with Crippen molar-refractivity contribution in [1.82, 2.24) is 0 Å². The van der Waals surface area contributed by atoms with E-state index < -0.39 is 10.1 Å². The first-order valence-corrected chi connectivity index (χ1v) is 9.41. The summed E-state index contributed by atoms with van der Waals surface area (Å²) in [7, 11) is -3.59. The fourth-order valence-corrected chi connectivity index (χ4v) is 3.20. The lowest BCUT2D eigenvalue weighted by atomic mass is 10.00. The molecule has 4 heteroatoms. The molecular formula is C17H28O3S. The van der Waals surface area contributed by atoms with E-state index in [4.69, 9.17) is 4.18 Å². The lowest BCUT2D eigenvalue weighted by Gasteiger charge is -2.11. The van der Waals surface area contributed by atoms with Crippen LogP contribution in [0.4, 0.5) is 0 Å². The van der Waals surface area contributed by atoms with Crippen molar-refractivity contribution >= 4 is 10.1 Å². The van der Waals surface area contributed by atoms with Crippen LogP contribution >= 0.6 is 0 Å². The molecule has 0 aliphatic carbocycles. The third-order valence-corrected chi connectivity index (χ3v) is 5.01. The van der Waals surface area contributed by atoms with Gasteiger partial charge in [-0.25, -0.2) is 0 Å². The summed E-state index contributed by atoms with van der Waals surface area (Å²) >= 11 is 0. The van der Waals surface area contributed by atoms with E-state index in [1.165, 1.54) is 32.1 Å². The topological polar surface area (TPSA) is 43.4 Å². The van der Waals surface area contributed by atoms with E-state index >= 15 is 0 Å². The first kappa shape index (κ1) is 18.2. The van der Waals surface area contributed by atoms with Gasteiger partial charge in [0, 0.05) is 0 Å². The quantitative estimate of drug-likeness (QED) is 0.436. The largest absolute Gasteiger partial charge is 0.296 e. The van der Waals surface area contributed by atoms with Crippen molar-refractivity contribution in [3.05, 3.63) is 30.3 Å². The molecule has 0 saturated heterocycles. The van der Waals surface area contributed by atoms with Crippen molar-refractivity contribution in [3.8, 4) is 0 Å². The van der Waals surface area contributed by atoms with Gasteiger partial charge in [0.1, 0.15) is 0 Å². The Morgan fingerprint density at radius 2 is 1.67 bits per heavy atom. The lowest BCUT2D eigenvalue weighted by Crippen LogP contribution is -2.10. The summed E-state index contributed by atoms with van der Waals surface area (Å²) in [5, 5.41) is 0. The standard InChI is InChI=1S/C17H28O3S/c1-3-4-5-6-8-11-16(2)14-15-20-21(18,19)17-12-9-7-10-13-17/h7,9-10,12-13,16H,3-6,8,11,14-15H2,1-2H3. The van der Waals surface area contributed by atoms with Crippen molar-refractivity contribution in [1.29, 1.82) is 0 Å². The molecule has 1 atom stereocenters. The molecule has 0 aromatic heterocycles. The molecule has 0 aliphatic heterocycles. The van der Waals surface area contributed by atoms with Gasteiger partial charge in [0.2, 0.25) is 0 Å². The van der Waals surface area contributed by atoms with Gasteiger partial charge in [-0.15, -0.1) is 0 Å². The molecule has 0 radical (unpaired) electrons. The predicted molar refractivity (Wildman–Crippen MR) is 86.7 cm³/mol. The highest BCUT2D eigenvalue weighted by Gasteiger charge is 2.14. The normalized spacial score (nSPS) is 13.2. The van der Waals surface area contributed by atoms with Gasteiger partial charge in [-0.3, -0.25) is 4.18 Å². The fourth-order valence-electron chi connectivity index (χ4n) is 2.25. The molecule has 1 aromatic carbocycles. The van der Waals surface area contributed by atoms with E-state index in [0.717, 1.165) is 12.8 Å². The molecule has 0 saturated carbocycles. The van der Waals surface area contributed by atoms with Gasteiger partial charge >= 0.3 is 0 Å². The smallest absolute Gasteiger partial charge is 0.266 e. The molecule has 120 valence electrons. The van der Waals surface area contributed by atoms with Crippen molar-refractivity contribution in [2.24, 2.45) is 5.92 Å². The van der Waals surface area contributed by atoms with Crippen molar-refractivity contribution < 1.29 is 12.6 Å². The van der Waals surface area contributed by atoms with Crippen LogP contribution in [0.2, 0.25) is 0 Å². The number of hydrogen-bond acceptors (Lipinski definition) is 3. The van der Waals surface area contributed by atoms with Crippen LogP contribution in [0.25, 0.3) is 0 Å². The second-order valence-corrected chi connectivity index (χ2v) is 7.30. The van der Waals surface area contributed by atoms with E-state index in [-0.39, 0.29) is 11.5 Å². The van der Waals surface area contributed by atoms with Crippen LogP contribution in [0.1, 0.15) is 58.8 Å². The molecule has 1 rings (SSSR count). The monoisotopic (exact) mass is 312 g/mol. The summed E-state index contributed by atoms with van der Waals surface area (Å²) in [6, 6.07) is 8.32. The van der Waals surface area contributed by atoms with Gasteiger partial charge in [0.15, 0.2) is 0 Å². The Kier molecular flexibility index (Phi) is 8.62. The van der Waals surface area contributed by atoms with Crippen LogP contribution < -0.4 is 0 Å². The molecule has 0 heterocycles. The van der Waals surface area contributed by atoms with E-state index in [1.54, 1.807) is 30.3 Å². The maximum atomic E-state index is 11.9. The van der Waals surface area contributed by atoms with Gasteiger partial charge in [0.25, 0.3) is 10.1 Å². The summed E-state index contributed by atoms with van der Waals surface area (Å²) in [6.45, 7) is 4.65. The van der Waals surface area contributed by atoms with E-state index in [1.807, 2.05) is 0 Å². The second kappa shape index (κ2) is 9.96. The Bertz CT molecular complexity index is 468. The second-order valence-electron chi connectivity index (χ2n) is 5.69. The lowest BCUT2D eigenvalue weighted by molar-refractivity contribution is 0.280. The molecule has 0 fully saturated rings. The minimum atomic E-state index is -3.59. The number of benzene rings is 1. The minimum absolute atomic E-state index is 0.234. The highest BCUT2D eigenvalue weighted by atomic mass is 32.2. The van der Waals surface area contributed by atoms with E-state index in [9.17, 15) is 8.42 Å². The molecule has 0 bridgehead atoms. The summed E-state index contributed by atoms with van der Waals surface area (Å²) in [4.78, 5) is 0.234. The number of rotatable bonds is 11. The Morgan fingerprint density at radius 1 is 1.00 bits per heavy atom. The molecule has 1 unspecified atom stereocenters. The number of unbranched alkanes of at least 4 members (excludes halogenated alkanes) is 4. The first-order valence-electron chi connectivity index (χ1n) is 8.00. The van der Waals surface area contributed by atoms with Gasteiger partial charge in [-0.1, -0.05) is 70.6 Å². The number of hydrogen-bond donors (Lipinski definition) is 0. The van der Waals surface area contributed by atoms with Gasteiger partial charge in [-0.2, -0.15) is 8.42 Å². The van der Waals surface area contributed by atoms with E-state index in [2.05, 4.69) is 13.8 Å². The zero-order chi connectivity index (χ0) is 15.6. The maximum absolute atomic E-state index is 11.9. The zero-order valence-corrected chi connectivity index (χ0v) is 14.1. The Morgan fingerprint density at radius 3 is 2.33 bits per heavy atom. The predicted octanol–water partition coefficient (Wildman–Crippen LogP) is 4.78. The van der Waals surface area contributed by atoms with Crippen molar-refractivity contribution in [2.75, 3.05) is 6.61 Å². The van der Waals surface area contributed by atoms with Crippen LogP contribution in [0.3, 0.4) is 0 Å². The van der Waals surface area contributed by atoms with E-state index in [0.29, 0.717) is 5.92 Å². The zero-order valence-electron chi connectivity index (χ0n) is 13.3. The Hall–Kier alpha value is -0.870. The highest BCUT2D eigenvalue weighted by molar-refractivity contribution is 7.86. The van der Waals surface area contributed by atoms with Gasteiger partial charge < -0.3 is 0 Å². The summed E-state index contributed by atoms with van der Waals surface area (Å²) in [5.74, 6) is 0.512. The molecule has 21 heavy (non-hydrogen) atoms. The van der Waals surface area contributed by atoms with Gasteiger partial charge in [-0.05, 0) is 24.5 Å². The average Bonchev–Trinajstić information content (AvgIpc) is 2.48. The minimum Gasteiger partial charge on any atom is -0.266 e. The average molecular weight is 312 g/mol. The summed E-state index contributed by atoms with van der Waals surface area (Å²) in [5.41, 5.74) is 0. The molecule has 0 amide bonds. The molecule has 0 aliphatic rings. The van der Waals surface area contributed by atoms with Crippen molar-refractivity contribution in [2.45, 2.75) is 63.7 Å². The Labute approximate surface area is 129 Å². The van der Waals surface area contributed by atoms with Crippen molar-refractivity contribution in [3.63, 3.8) is 0 Å². The SMILES string of the molecule is CCCCCCCC(C)CCOS(=O)(=O)c1ccccc1. The molecule has 1 aromatic rings. The van der Waals surface area contributed by atoms with Crippen LogP contribution in [-0.4, -0.2) is 15.0 Å².